The molecule has 2 N–H and O–H groups in total. The van der Waals surface area contributed by atoms with Crippen molar-refractivity contribution in [2.75, 3.05) is 0 Å². The molecule has 0 aliphatic heterocycles. The smallest absolute Gasteiger partial charge is 0.244 e. The molecule has 0 aromatic heterocycles. The number of phenols is 1. The molecule has 1 atom stereocenters. The molecule has 0 aliphatic carbocycles. The van der Waals surface area contributed by atoms with E-state index in [0.29, 0.717) is 6.42 Å². The lowest BCUT2D eigenvalue weighted by Crippen LogP contribution is -2.31. The second kappa shape index (κ2) is 4.63. The van der Waals surface area contributed by atoms with Crippen LogP contribution in [0.4, 0.5) is 0 Å². The fourth-order valence-electron chi connectivity index (χ4n) is 1.10. The Kier molecular flexibility index (Phi) is 3.71. The van der Waals surface area contributed by atoms with E-state index in [0.717, 1.165) is 0 Å². The minimum absolute atomic E-state index is 0.0784. The molecule has 84 valence electrons. The molecule has 5 heteroatoms. The Hall–Kier alpha value is -1.07. The number of rotatable bonds is 4. The van der Waals surface area contributed by atoms with Gasteiger partial charge in [0.2, 0.25) is 10.0 Å². The highest BCUT2D eigenvalue weighted by Gasteiger charge is 2.19. The molecule has 0 amide bonds. The number of sulfonamides is 1. The predicted molar refractivity (Wildman–Crippen MR) is 58.2 cm³/mol. The summed E-state index contributed by atoms with van der Waals surface area (Å²) in [4.78, 5) is -0.0784. The summed E-state index contributed by atoms with van der Waals surface area (Å²) >= 11 is 0. The van der Waals surface area contributed by atoms with Crippen LogP contribution in [0.5, 0.6) is 5.75 Å². The zero-order chi connectivity index (χ0) is 11.5. The predicted octanol–water partition coefficient (Wildman–Crippen LogP) is 1.47. The average Bonchev–Trinajstić information content (AvgIpc) is 2.17. The molecule has 1 rings (SSSR count). The van der Waals surface area contributed by atoms with Crippen molar-refractivity contribution < 1.29 is 13.5 Å². The van der Waals surface area contributed by atoms with E-state index in [1.165, 1.54) is 12.1 Å². The van der Waals surface area contributed by atoms with E-state index in [9.17, 15) is 13.5 Å². The molecule has 0 spiro atoms. The fraction of sp³-hybridized carbons (Fsp3) is 0.400. The van der Waals surface area contributed by atoms with Crippen LogP contribution in [0, 0.1) is 0 Å². The number of hydrogen-bond acceptors (Lipinski definition) is 3. The third kappa shape index (κ3) is 2.94. The number of para-hydroxylation sites is 1. The number of aromatic hydroxyl groups is 1. The van der Waals surface area contributed by atoms with Gasteiger partial charge in [-0.2, -0.15) is 0 Å². The van der Waals surface area contributed by atoms with Gasteiger partial charge in [-0.1, -0.05) is 19.1 Å². The van der Waals surface area contributed by atoms with Gasteiger partial charge in [-0.05, 0) is 25.5 Å². The van der Waals surface area contributed by atoms with Gasteiger partial charge < -0.3 is 5.11 Å². The summed E-state index contributed by atoms with van der Waals surface area (Å²) < 4.78 is 26.0. The lowest BCUT2D eigenvalue weighted by Gasteiger charge is -2.12. The highest BCUT2D eigenvalue weighted by atomic mass is 32.2. The third-order valence-electron chi connectivity index (χ3n) is 2.12. The SMILES string of the molecule is CCC(C)NS(=O)(=O)c1ccccc1O. The minimum Gasteiger partial charge on any atom is -0.507 e. The Morgan fingerprint density at radius 1 is 1.40 bits per heavy atom. The second-order valence-electron chi connectivity index (χ2n) is 3.40. The van der Waals surface area contributed by atoms with Crippen molar-refractivity contribution in [2.45, 2.75) is 31.2 Å². The molecule has 0 fully saturated rings. The third-order valence-corrected chi connectivity index (χ3v) is 3.76. The van der Waals surface area contributed by atoms with Crippen LogP contribution in [0.1, 0.15) is 20.3 Å². The lowest BCUT2D eigenvalue weighted by molar-refractivity contribution is 0.457. The van der Waals surface area contributed by atoms with Crippen molar-refractivity contribution in [3.63, 3.8) is 0 Å². The number of hydrogen-bond donors (Lipinski definition) is 2. The summed E-state index contributed by atoms with van der Waals surface area (Å²) in [7, 11) is -3.60. The minimum atomic E-state index is -3.60. The van der Waals surface area contributed by atoms with Crippen molar-refractivity contribution >= 4 is 10.0 Å². The van der Waals surface area contributed by atoms with Gasteiger partial charge in [0.15, 0.2) is 0 Å². The van der Waals surface area contributed by atoms with Crippen LogP contribution in [-0.4, -0.2) is 19.6 Å². The molecule has 1 aromatic rings. The second-order valence-corrected chi connectivity index (χ2v) is 5.08. The van der Waals surface area contributed by atoms with E-state index in [-0.39, 0.29) is 16.7 Å². The first-order valence-electron chi connectivity index (χ1n) is 4.77. The Bertz CT molecular complexity index is 428. The lowest BCUT2D eigenvalue weighted by atomic mass is 10.3. The quantitative estimate of drug-likeness (QED) is 0.821. The Morgan fingerprint density at radius 2 is 2.00 bits per heavy atom. The Morgan fingerprint density at radius 3 is 2.53 bits per heavy atom. The number of nitrogens with one attached hydrogen (secondary N) is 1. The van der Waals surface area contributed by atoms with E-state index in [1.54, 1.807) is 19.1 Å². The van der Waals surface area contributed by atoms with Crippen LogP contribution in [0.15, 0.2) is 29.2 Å². The molecule has 0 radical (unpaired) electrons. The molecule has 15 heavy (non-hydrogen) atoms. The topological polar surface area (TPSA) is 66.4 Å². The molecule has 0 saturated heterocycles. The van der Waals surface area contributed by atoms with E-state index >= 15 is 0 Å². The maximum absolute atomic E-state index is 11.8. The average molecular weight is 229 g/mol. The summed E-state index contributed by atoms with van der Waals surface area (Å²) in [6.45, 7) is 3.66. The maximum Gasteiger partial charge on any atom is 0.244 e. The summed E-state index contributed by atoms with van der Waals surface area (Å²) in [5.41, 5.74) is 0. The van der Waals surface area contributed by atoms with Gasteiger partial charge in [-0.15, -0.1) is 0 Å². The molecule has 0 saturated carbocycles. The van der Waals surface area contributed by atoms with E-state index < -0.39 is 10.0 Å². The van der Waals surface area contributed by atoms with Crippen LogP contribution >= 0.6 is 0 Å². The molecule has 0 heterocycles. The summed E-state index contributed by atoms with van der Waals surface area (Å²) in [6, 6.07) is 5.74. The van der Waals surface area contributed by atoms with E-state index in [2.05, 4.69) is 4.72 Å². The first-order valence-corrected chi connectivity index (χ1v) is 6.26. The van der Waals surface area contributed by atoms with Gasteiger partial charge in [-0.25, -0.2) is 13.1 Å². The van der Waals surface area contributed by atoms with Gasteiger partial charge in [0.25, 0.3) is 0 Å². The highest BCUT2D eigenvalue weighted by molar-refractivity contribution is 7.89. The van der Waals surface area contributed by atoms with Crippen molar-refractivity contribution in [3.05, 3.63) is 24.3 Å². The molecule has 1 unspecified atom stereocenters. The fourth-order valence-corrected chi connectivity index (χ4v) is 2.52. The van der Waals surface area contributed by atoms with Crippen LogP contribution in [0.3, 0.4) is 0 Å². The molecule has 4 nitrogen and oxygen atoms in total. The normalized spacial score (nSPS) is 13.7. The van der Waals surface area contributed by atoms with Crippen LogP contribution in [0.25, 0.3) is 0 Å². The van der Waals surface area contributed by atoms with Crippen LogP contribution in [-0.2, 0) is 10.0 Å². The Balaban J connectivity index is 3.02. The van der Waals surface area contributed by atoms with E-state index in [1.807, 2.05) is 6.92 Å². The van der Waals surface area contributed by atoms with E-state index in [4.69, 9.17) is 0 Å². The van der Waals surface area contributed by atoms with Gasteiger partial charge in [-0.3, -0.25) is 0 Å². The summed E-state index contributed by atoms with van der Waals surface area (Å²) in [6.07, 6.45) is 0.701. The zero-order valence-corrected chi connectivity index (χ0v) is 9.58. The highest BCUT2D eigenvalue weighted by Crippen LogP contribution is 2.21. The molecular formula is C10H15NO3S. The van der Waals surface area contributed by atoms with Gasteiger partial charge in [0, 0.05) is 6.04 Å². The number of benzene rings is 1. The molecule has 0 aliphatic rings. The van der Waals surface area contributed by atoms with Gasteiger partial charge in [0.1, 0.15) is 10.6 Å². The summed E-state index contributed by atoms with van der Waals surface area (Å²) in [5, 5.41) is 9.41. The molecule has 0 bridgehead atoms. The monoisotopic (exact) mass is 229 g/mol. The first kappa shape index (κ1) is 12.0. The zero-order valence-electron chi connectivity index (χ0n) is 8.77. The van der Waals surface area contributed by atoms with Crippen molar-refractivity contribution in [1.29, 1.82) is 0 Å². The largest absolute Gasteiger partial charge is 0.507 e. The van der Waals surface area contributed by atoms with Crippen molar-refractivity contribution in [3.8, 4) is 5.75 Å². The van der Waals surface area contributed by atoms with Crippen LogP contribution < -0.4 is 4.72 Å². The standard InChI is InChI=1S/C10H15NO3S/c1-3-8(2)11-15(13,14)10-7-5-4-6-9(10)12/h4-8,11-12H,3H2,1-2H3. The van der Waals surface area contributed by atoms with Crippen molar-refractivity contribution in [1.82, 2.24) is 4.72 Å². The van der Waals surface area contributed by atoms with Crippen molar-refractivity contribution in [2.24, 2.45) is 0 Å². The maximum atomic E-state index is 11.8. The first-order chi connectivity index (χ1) is 6.97. The Labute approximate surface area is 90.0 Å². The molecule has 1 aromatic carbocycles. The van der Waals surface area contributed by atoms with Gasteiger partial charge >= 0.3 is 0 Å². The number of phenolic OH excluding ortho intramolecular Hbond substituents is 1. The van der Waals surface area contributed by atoms with Crippen LogP contribution in [0.2, 0.25) is 0 Å². The summed E-state index contributed by atoms with van der Waals surface area (Å²) in [5.74, 6) is -0.228. The molecular weight excluding hydrogens is 214 g/mol. The van der Waals surface area contributed by atoms with Gasteiger partial charge in [0.05, 0.1) is 0 Å².